The molecule has 18 heavy (non-hydrogen) atoms. The normalized spacial score (nSPS) is 27.4. The molecule has 0 amide bonds. The second-order valence-corrected chi connectivity index (χ2v) is 5.83. The van der Waals surface area contributed by atoms with Gasteiger partial charge in [0.05, 0.1) is 9.95 Å². The Labute approximate surface area is 111 Å². The van der Waals surface area contributed by atoms with Crippen LogP contribution in [0.5, 0.6) is 0 Å². The number of nitrogens with zero attached hydrogens (tertiary/aromatic N) is 1. The lowest BCUT2D eigenvalue weighted by Gasteiger charge is -2.24. The molecule has 0 radical (unpaired) electrons. The number of non-ortho nitro benzene ring substituents is 1. The first kappa shape index (κ1) is 13.3. The van der Waals surface area contributed by atoms with E-state index in [0.717, 1.165) is 24.8 Å². The summed E-state index contributed by atoms with van der Waals surface area (Å²) < 4.78 is 0. The Morgan fingerprint density at radius 3 is 2.83 bits per heavy atom. The maximum Gasteiger partial charge on any atom is 0.270 e. The largest absolute Gasteiger partial charge is 0.325 e. The second kappa shape index (κ2) is 4.86. The highest BCUT2D eigenvalue weighted by Crippen LogP contribution is 2.36. The van der Waals surface area contributed by atoms with Crippen molar-refractivity contribution in [2.24, 2.45) is 11.7 Å². The molecule has 2 atom stereocenters. The summed E-state index contributed by atoms with van der Waals surface area (Å²) in [5.74, 6) is 0.645. The minimum Gasteiger partial charge on any atom is -0.325 e. The maximum atomic E-state index is 10.6. The van der Waals surface area contributed by atoms with E-state index in [2.05, 4.69) is 6.92 Å². The Morgan fingerprint density at radius 2 is 2.33 bits per heavy atom. The molecular formula is C13H17ClN2O2. The van der Waals surface area contributed by atoms with Crippen LogP contribution in [0.4, 0.5) is 5.69 Å². The molecule has 1 aliphatic rings. The average Bonchev–Trinajstić information content (AvgIpc) is 2.61. The highest BCUT2D eigenvalue weighted by atomic mass is 35.5. The number of hydrogen-bond acceptors (Lipinski definition) is 3. The monoisotopic (exact) mass is 268 g/mol. The zero-order valence-electron chi connectivity index (χ0n) is 10.4. The lowest BCUT2D eigenvalue weighted by atomic mass is 9.89. The third kappa shape index (κ3) is 2.82. The van der Waals surface area contributed by atoms with Gasteiger partial charge < -0.3 is 5.73 Å². The van der Waals surface area contributed by atoms with Gasteiger partial charge in [0.1, 0.15) is 0 Å². The van der Waals surface area contributed by atoms with Crippen LogP contribution in [0.25, 0.3) is 0 Å². The van der Waals surface area contributed by atoms with Crippen LogP contribution in [0.1, 0.15) is 31.7 Å². The summed E-state index contributed by atoms with van der Waals surface area (Å²) >= 11 is 6.09. The Bertz CT molecular complexity index is 478. The molecule has 0 bridgehead atoms. The SMILES string of the molecule is CC1CCC(N)(Cc2ccc([N+](=O)[O-])cc2Cl)C1. The Kier molecular flexibility index (Phi) is 3.59. The fourth-order valence-corrected chi connectivity index (χ4v) is 3.01. The van der Waals surface area contributed by atoms with Gasteiger partial charge in [-0.05, 0) is 37.2 Å². The van der Waals surface area contributed by atoms with Gasteiger partial charge in [-0.1, -0.05) is 24.6 Å². The van der Waals surface area contributed by atoms with E-state index in [1.165, 1.54) is 12.1 Å². The highest BCUT2D eigenvalue weighted by molar-refractivity contribution is 6.31. The first-order valence-corrected chi connectivity index (χ1v) is 6.49. The van der Waals surface area contributed by atoms with Gasteiger partial charge in [0, 0.05) is 17.7 Å². The number of nitrogens with two attached hydrogens (primary N) is 1. The number of hydrogen-bond donors (Lipinski definition) is 1. The molecular weight excluding hydrogens is 252 g/mol. The standard InChI is InChI=1S/C13H17ClN2O2/c1-9-4-5-13(15,7-9)8-10-2-3-11(16(17)18)6-12(10)14/h2-3,6,9H,4-5,7-8,15H2,1H3. The van der Waals surface area contributed by atoms with E-state index in [9.17, 15) is 10.1 Å². The molecule has 1 aromatic carbocycles. The molecule has 0 aromatic heterocycles. The quantitative estimate of drug-likeness (QED) is 0.675. The Morgan fingerprint density at radius 1 is 1.61 bits per heavy atom. The van der Waals surface area contributed by atoms with Gasteiger partial charge in [-0.15, -0.1) is 0 Å². The first-order chi connectivity index (χ1) is 8.39. The van der Waals surface area contributed by atoms with Gasteiger partial charge >= 0.3 is 0 Å². The van der Waals surface area contributed by atoms with E-state index in [0.29, 0.717) is 17.4 Å². The van der Waals surface area contributed by atoms with Crippen molar-refractivity contribution >= 4 is 17.3 Å². The van der Waals surface area contributed by atoms with Gasteiger partial charge in [0.25, 0.3) is 5.69 Å². The van der Waals surface area contributed by atoms with E-state index in [1.54, 1.807) is 6.07 Å². The topological polar surface area (TPSA) is 69.2 Å². The third-order valence-electron chi connectivity index (χ3n) is 3.68. The number of rotatable bonds is 3. The molecule has 2 N–H and O–H groups in total. The van der Waals surface area contributed by atoms with Crippen LogP contribution in [0.2, 0.25) is 5.02 Å². The van der Waals surface area contributed by atoms with Gasteiger partial charge in [0.15, 0.2) is 0 Å². The van der Waals surface area contributed by atoms with Crippen molar-refractivity contribution in [1.29, 1.82) is 0 Å². The Balaban J connectivity index is 2.17. The Hall–Kier alpha value is -1.13. The molecule has 0 aliphatic heterocycles. The van der Waals surface area contributed by atoms with Crippen LogP contribution < -0.4 is 5.73 Å². The molecule has 2 rings (SSSR count). The van der Waals surface area contributed by atoms with E-state index in [-0.39, 0.29) is 11.2 Å². The van der Waals surface area contributed by atoms with E-state index >= 15 is 0 Å². The molecule has 1 saturated carbocycles. The van der Waals surface area contributed by atoms with Gasteiger partial charge in [-0.3, -0.25) is 10.1 Å². The summed E-state index contributed by atoms with van der Waals surface area (Å²) in [5, 5.41) is 11.1. The minimum atomic E-state index is -0.439. The van der Waals surface area contributed by atoms with Crippen LogP contribution in [0.15, 0.2) is 18.2 Å². The summed E-state index contributed by atoms with van der Waals surface area (Å²) in [6.07, 6.45) is 3.80. The van der Waals surface area contributed by atoms with Crippen LogP contribution in [-0.4, -0.2) is 10.5 Å². The van der Waals surface area contributed by atoms with E-state index in [4.69, 9.17) is 17.3 Å². The average molecular weight is 269 g/mol. The molecule has 4 nitrogen and oxygen atoms in total. The van der Waals surface area contributed by atoms with Crippen molar-refractivity contribution in [3.63, 3.8) is 0 Å². The van der Waals surface area contributed by atoms with Crippen molar-refractivity contribution in [3.05, 3.63) is 38.9 Å². The van der Waals surface area contributed by atoms with Crippen molar-refractivity contribution in [2.75, 3.05) is 0 Å². The van der Waals surface area contributed by atoms with Crippen molar-refractivity contribution in [1.82, 2.24) is 0 Å². The lowest BCUT2D eigenvalue weighted by molar-refractivity contribution is -0.384. The van der Waals surface area contributed by atoms with Gasteiger partial charge in [0.2, 0.25) is 0 Å². The van der Waals surface area contributed by atoms with Crippen LogP contribution in [-0.2, 0) is 6.42 Å². The summed E-state index contributed by atoms with van der Waals surface area (Å²) in [4.78, 5) is 10.2. The zero-order chi connectivity index (χ0) is 13.3. The number of halogens is 1. The predicted molar refractivity (Wildman–Crippen MR) is 71.7 cm³/mol. The second-order valence-electron chi connectivity index (χ2n) is 5.42. The van der Waals surface area contributed by atoms with Crippen LogP contribution in [0.3, 0.4) is 0 Å². The summed E-state index contributed by atoms with van der Waals surface area (Å²) in [6, 6.07) is 4.61. The lowest BCUT2D eigenvalue weighted by Crippen LogP contribution is -2.39. The highest BCUT2D eigenvalue weighted by Gasteiger charge is 2.34. The fourth-order valence-electron chi connectivity index (χ4n) is 2.76. The summed E-state index contributed by atoms with van der Waals surface area (Å²) in [5.41, 5.74) is 7.07. The molecule has 1 fully saturated rings. The van der Waals surface area contributed by atoms with Crippen LogP contribution in [0, 0.1) is 16.0 Å². The fraction of sp³-hybridized carbons (Fsp3) is 0.538. The molecule has 1 aromatic rings. The molecule has 0 spiro atoms. The number of nitro groups is 1. The van der Waals surface area contributed by atoms with E-state index < -0.39 is 4.92 Å². The van der Waals surface area contributed by atoms with Crippen LogP contribution >= 0.6 is 11.6 Å². The van der Waals surface area contributed by atoms with Crippen molar-refractivity contribution in [3.8, 4) is 0 Å². The number of nitro benzene ring substituents is 1. The zero-order valence-corrected chi connectivity index (χ0v) is 11.1. The molecule has 1 aliphatic carbocycles. The van der Waals surface area contributed by atoms with Crippen molar-refractivity contribution in [2.45, 2.75) is 38.1 Å². The molecule has 0 saturated heterocycles. The third-order valence-corrected chi connectivity index (χ3v) is 4.03. The van der Waals surface area contributed by atoms with Gasteiger partial charge in [-0.25, -0.2) is 0 Å². The molecule has 0 heterocycles. The predicted octanol–water partition coefficient (Wildman–Crippen LogP) is 3.31. The number of benzene rings is 1. The molecule has 5 heteroatoms. The summed E-state index contributed by atoms with van der Waals surface area (Å²) in [6.45, 7) is 2.20. The van der Waals surface area contributed by atoms with Crippen molar-refractivity contribution < 1.29 is 4.92 Å². The molecule has 98 valence electrons. The maximum absolute atomic E-state index is 10.6. The smallest absolute Gasteiger partial charge is 0.270 e. The first-order valence-electron chi connectivity index (χ1n) is 6.11. The minimum absolute atomic E-state index is 0.0228. The molecule has 2 unspecified atom stereocenters. The summed E-state index contributed by atoms with van der Waals surface area (Å²) in [7, 11) is 0. The van der Waals surface area contributed by atoms with E-state index in [1.807, 2.05) is 0 Å². The van der Waals surface area contributed by atoms with Gasteiger partial charge in [-0.2, -0.15) is 0 Å².